The minimum atomic E-state index is -0.729. The third kappa shape index (κ3) is 0.914. The van der Waals surface area contributed by atoms with Crippen molar-refractivity contribution in [1.29, 1.82) is 0 Å². The van der Waals surface area contributed by atoms with E-state index in [1.54, 1.807) is 0 Å². The number of rotatable bonds is 0. The van der Waals surface area contributed by atoms with Gasteiger partial charge >= 0.3 is 11.4 Å². The van der Waals surface area contributed by atoms with Crippen molar-refractivity contribution in [2.75, 3.05) is 0 Å². The molecule has 5 nitrogen and oxygen atoms in total. The van der Waals surface area contributed by atoms with Crippen LogP contribution in [-0.2, 0) is 0 Å². The maximum Gasteiger partial charge on any atom is 0.439 e. The molecule has 0 aliphatic carbocycles. The number of aromatic nitrogens is 1. The molecule has 0 N–H and O–H groups in total. The lowest BCUT2D eigenvalue weighted by molar-refractivity contribution is 0.496. The molecule has 0 radical (unpaired) electrons. The molecule has 0 aromatic carbocycles. The average Bonchev–Trinajstić information content (AvgIpc) is 2.04. The molecule has 5 heteroatoms. The maximum atomic E-state index is 10.9. The first-order valence-electron chi connectivity index (χ1n) is 3.15. The van der Waals surface area contributed by atoms with Gasteiger partial charge in [0, 0.05) is 6.07 Å². The third-order valence-corrected chi connectivity index (χ3v) is 1.38. The highest BCUT2D eigenvalue weighted by molar-refractivity contribution is 5.72. The molecular weight excluding hydrogens is 162 g/mol. The van der Waals surface area contributed by atoms with E-state index in [4.69, 9.17) is 0 Å². The Balaban J connectivity index is 3.06. The fourth-order valence-electron chi connectivity index (χ4n) is 0.854. The van der Waals surface area contributed by atoms with Crippen molar-refractivity contribution in [1.82, 2.24) is 4.98 Å². The molecule has 2 rings (SSSR count). The van der Waals surface area contributed by atoms with Crippen molar-refractivity contribution < 1.29 is 8.83 Å². The second-order valence-corrected chi connectivity index (χ2v) is 2.11. The van der Waals surface area contributed by atoms with Gasteiger partial charge in [-0.25, -0.2) is 9.59 Å². The molecule has 0 bridgehead atoms. The van der Waals surface area contributed by atoms with Gasteiger partial charge in [-0.05, 0) is 0 Å². The van der Waals surface area contributed by atoms with Gasteiger partial charge in [0.25, 0.3) is 0 Å². The van der Waals surface area contributed by atoms with Crippen molar-refractivity contribution in [3.05, 3.63) is 39.5 Å². The van der Waals surface area contributed by atoms with Crippen LogP contribution in [0.3, 0.4) is 0 Å². The van der Waals surface area contributed by atoms with Crippen LogP contribution in [0.25, 0.3) is 11.0 Å². The minimum absolute atomic E-state index is 0.164. The molecule has 2 heterocycles. The van der Waals surface area contributed by atoms with E-state index in [2.05, 4.69) is 13.8 Å². The highest BCUT2D eigenvalue weighted by atomic mass is 16.4. The van der Waals surface area contributed by atoms with Crippen LogP contribution in [0.5, 0.6) is 0 Å². The number of nitrogens with zero attached hydrogens (tertiary/aromatic N) is 1. The summed E-state index contributed by atoms with van der Waals surface area (Å²) < 4.78 is 9.14. The second kappa shape index (κ2) is 2.30. The molecular formula is C7H3NO4. The Morgan fingerprint density at radius 2 is 2.17 bits per heavy atom. The van der Waals surface area contributed by atoms with E-state index in [-0.39, 0.29) is 11.0 Å². The molecule has 0 fully saturated rings. The number of hydrogen-bond donors (Lipinski definition) is 0. The quantitative estimate of drug-likeness (QED) is 0.555. The van der Waals surface area contributed by atoms with E-state index >= 15 is 0 Å². The summed E-state index contributed by atoms with van der Waals surface area (Å²) >= 11 is 0. The standard InChI is InChI=1S/C7H3NO4/c9-6-4-3-8-7(10)12-5(4)1-2-11-6/h1-3H. The fourth-order valence-corrected chi connectivity index (χ4v) is 0.854. The smallest absolute Gasteiger partial charge is 0.431 e. The zero-order chi connectivity index (χ0) is 8.55. The largest absolute Gasteiger partial charge is 0.439 e. The van der Waals surface area contributed by atoms with Crippen molar-refractivity contribution in [2.24, 2.45) is 0 Å². The third-order valence-electron chi connectivity index (χ3n) is 1.38. The Bertz CT molecular complexity index is 524. The first-order valence-corrected chi connectivity index (χ1v) is 3.15. The van der Waals surface area contributed by atoms with Gasteiger partial charge in [-0.3, -0.25) is 0 Å². The number of hydrogen-bond acceptors (Lipinski definition) is 5. The Morgan fingerprint density at radius 1 is 1.33 bits per heavy atom. The Kier molecular flexibility index (Phi) is 1.30. The van der Waals surface area contributed by atoms with Gasteiger partial charge in [0.05, 0.1) is 12.5 Å². The molecule has 0 saturated carbocycles. The summed E-state index contributed by atoms with van der Waals surface area (Å²) in [6, 6.07) is 1.39. The van der Waals surface area contributed by atoms with Gasteiger partial charge in [0.2, 0.25) is 0 Å². The van der Waals surface area contributed by atoms with Crippen LogP contribution in [0.2, 0.25) is 0 Å². The Hall–Kier alpha value is -1.91. The first-order chi connectivity index (χ1) is 5.77. The predicted octanol–water partition coefficient (Wildman–Crippen LogP) is 0.141. The molecule has 0 atom stereocenters. The van der Waals surface area contributed by atoms with Crippen molar-refractivity contribution >= 4 is 11.0 Å². The monoisotopic (exact) mass is 165 g/mol. The van der Waals surface area contributed by atoms with Gasteiger partial charge in [-0.2, -0.15) is 4.98 Å². The molecule has 2 aromatic rings. The van der Waals surface area contributed by atoms with Gasteiger partial charge in [0.1, 0.15) is 5.39 Å². The minimum Gasteiger partial charge on any atom is -0.431 e. The summed E-state index contributed by atoms with van der Waals surface area (Å²) in [7, 11) is 0. The molecule has 0 saturated heterocycles. The van der Waals surface area contributed by atoms with Gasteiger partial charge in [0.15, 0.2) is 5.58 Å². The molecule has 0 spiro atoms. The molecule has 0 amide bonds. The summed E-state index contributed by atoms with van der Waals surface area (Å²) in [5, 5.41) is 0.164. The topological polar surface area (TPSA) is 73.3 Å². The lowest BCUT2D eigenvalue weighted by Crippen LogP contribution is -2.06. The highest BCUT2D eigenvalue weighted by Gasteiger charge is 2.01. The van der Waals surface area contributed by atoms with E-state index in [1.807, 2.05) is 0 Å². The van der Waals surface area contributed by atoms with Gasteiger partial charge in [-0.1, -0.05) is 0 Å². The van der Waals surface area contributed by atoms with E-state index in [0.29, 0.717) is 0 Å². The van der Waals surface area contributed by atoms with E-state index in [0.717, 1.165) is 12.5 Å². The Morgan fingerprint density at radius 3 is 3.00 bits per heavy atom. The molecule has 0 aliphatic rings. The van der Waals surface area contributed by atoms with Crippen molar-refractivity contribution in [3.8, 4) is 0 Å². The SMILES string of the molecule is O=c1ncc2c(=O)occc2o1. The molecule has 0 aliphatic heterocycles. The summed E-state index contributed by atoms with van der Waals surface area (Å²) in [5.41, 5.74) is -0.380. The average molecular weight is 165 g/mol. The molecule has 2 aromatic heterocycles. The van der Waals surface area contributed by atoms with Gasteiger partial charge in [-0.15, -0.1) is 0 Å². The van der Waals surface area contributed by atoms with Crippen LogP contribution in [0.4, 0.5) is 0 Å². The van der Waals surface area contributed by atoms with Gasteiger partial charge < -0.3 is 8.83 Å². The fraction of sp³-hybridized carbons (Fsp3) is 0. The summed E-state index contributed by atoms with van der Waals surface area (Å²) in [5.74, 6) is -0.729. The van der Waals surface area contributed by atoms with Crippen molar-refractivity contribution in [2.45, 2.75) is 0 Å². The summed E-state index contributed by atoms with van der Waals surface area (Å²) in [6.45, 7) is 0. The van der Waals surface area contributed by atoms with E-state index < -0.39 is 11.4 Å². The molecule has 60 valence electrons. The zero-order valence-corrected chi connectivity index (χ0v) is 5.81. The van der Waals surface area contributed by atoms with Crippen LogP contribution < -0.4 is 11.4 Å². The first kappa shape index (κ1) is 6.78. The summed E-state index contributed by atoms with van der Waals surface area (Å²) in [6.07, 6.45) is 2.29. The van der Waals surface area contributed by atoms with Crippen LogP contribution >= 0.6 is 0 Å². The molecule has 0 unspecified atom stereocenters. The normalized spacial score (nSPS) is 10.3. The van der Waals surface area contributed by atoms with Crippen molar-refractivity contribution in [3.63, 3.8) is 0 Å². The van der Waals surface area contributed by atoms with Crippen LogP contribution in [0.15, 0.2) is 36.9 Å². The van der Waals surface area contributed by atoms with E-state index in [1.165, 1.54) is 6.07 Å². The summed E-state index contributed by atoms with van der Waals surface area (Å²) in [4.78, 5) is 24.8. The van der Waals surface area contributed by atoms with Crippen LogP contribution in [0.1, 0.15) is 0 Å². The van der Waals surface area contributed by atoms with Crippen LogP contribution in [0, 0.1) is 0 Å². The van der Waals surface area contributed by atoms with E-state index in [9.17, 15) is 9.59 Å². The lowest BCUT2D eigenvalue weighted by Gasteiger charge is -1.89. The van der Waals surface area contributed by atoms with Crippen LogP contribution in [-0.4, -0.2) is 4.98 Å². The predicted molar refractivity (Wildman–Crippen MR) is 38.8 cm³/mol. The highest BCUT2D eigenvalue weighted by Crippen LogP contribution is 2.02. The lowest BCUT2D eigenvalue weighted by atomic mass is 10.4. The zero-order valence-electron chi connectivity index (χ0n) is 5.81. The molecule has 12 heavy (non-hydrogen) atoms. The number of fused-ring (bicyclic) bond motifs is 1. The maximum absolute atomic E-state index is 10.9. The Labute approximate surface area is 65.3 Å². The second-order valence-electron chi connectivity index (χ2n) is 2.11.